The third-order valence-electron chi connectivity index (χ3n) is 13.8. The number of benzene rings is 3. The minimum atomic E-state index is -0.779. The van der Waals surface area contributed by atoms with Crippen molar-refractivity contribution in [3.8, 4) is 28.5 Å². The normalized spacial score (nSPS) is 24.7. The molecule has 3 aromatic carbocycles. The van der Waals surface area contributed by atoms with Crippen LogP contribution in [0.2, 0.25) is 0 Å². The van der Waals surface area contributed by atoms with E-state index in [1.165, 1.54) is 5.56 Å². The van der Waals surface area contributed by atoms with Crippen molar-refractivity contribution in [3.63, 3.8) is 0 Å². The fourth-order valence-corrected chi connectivity index (χ4v) is 10.6. The van der Waals surface area contributed by atoms with Crippen LogP contribution in [0.1, 0.15) is 50.0 Å². The number of morpholine rings is 1. The van der Waals surface area contributed by atoms with Gasteiger partial charge in [-0.25, -0.2) is 0 Å². The highest BCUT2D eigenvalue weighted by atomic mass is 16.5. The summed E-state index contributed by atoms with van der Waals surface area (Å²) >= 11 is 0. The number of ether oxygens (including phenoxy) is 3. The van der Waals surface area contributed by atoms with Crippen LogP contribution in [-0.2, 0) is 14.3 Å². The molecule has 5 N–H and O–H groups in total. The van der Waals surface area contributed by atoms with Crippen molar-refractivity contribution >= 4 is 34.7 Å². The third kappa shape index (κ3) is 8.51. The van der Waals surface area contributed by atoms with Crippen molar-refractivity contribution in [1.29, 1.82) is 0 Å². The molecule has 1 aromatic heterocycles. The molecular formula is C47H57N9O7. The van der Waals surface area contributed by atoms with Crippen molar-refractivity contribution < 1.29 is 34.0 Å². The SMILES string of the molecule is Nc1nnc(-c2ccccc2O)cc1N1C[C@H]2COC[C@@H](C1)N2c1cccc(OC2CCN(C(=O)CN3CCC(c4cccc5c4OCCN5C4CCC(O)NC4=O)CC3)CC2)c1. The zero-order chi connectivity index (χ0) is 43.0. The summed E-state index contributed by atoms with van der Waals surface area (Å²) in [4.78, 5) is 37.5. The Morgan fingerprint density at radius 2 is 1.63 bits per heavy atom. The number of para-hydroxylation sites is 2. The molecule has 5 saturated heterocycles. The van der Waals surface area contributed by atoms with Crippen LogP contribution < -0.4 is 35.2 Å². The number of anilines is 4. The molecule has 16 heteroatoms. The number of aromatic hydroxyl groups is 1. The summed E-state index contributed by atoms with van der Waals surface area (Å²) < 4.78 is 18.9. The molecule has 4 aromatic rings. The molecule has 332 valence electrons. The number of nitrogens with one attached hydrogen (secondary N) is 1. The smallest absolute Gasteiger partial charge is 0.244 e. The predicted molar refractivity (Wildman–Crippen MR) is 238 cm³/mol. The summed E-state index contributed by atoms with van der Waals surface area (Å²) in [6.45, 7) is 7.09. The molecule has 10 rings (SSSR count). The number of amides is 2. The van der Waals surface area contributed by atoms with Crippen molar-refractivity contribution in [2.24, 2.45) is 0 Å². The Kier molecular flexibility index (Phi) is 11.6. The monoisotopic (exact) mass is 859 g/mol. The summed E-state index contributed by atoms with van der Waals surface area (Å²) in [5.74, 6) is 2.55. The molecule has 0 spiro atoms. The molecule has 6 aliphatic heterocycles. The maximum absolute atomic E-state index is 13.6. The van der Waals surface area contributed by atoms with Crippen LogP contribution in [0.4, 0.5) is 22.9 Å². The fraction of sp³-hybridized carbons (Fsp3) is 0.489. The van der Waals surface area contributed by atoms with Crippen LogP contribution in [-0.4, -0.2) is 145 Å². The lowest BCUT2D eigenvalue weighted by Gasteiger charge is -2.51. The van der Waals surface area contributed by atoms with Crippen molar-refractivity contribution in [3.05, 3.63) is 78.4 Å². The zero-order valence-corrected chi connectivity index (χ0v) is 35.6. The van der Waals surface area contributed by atoms with E-state index >= 15 is 0 Å². The second-order valence-corrected chi connectivity index (χ2v) is 17.8. The van der Waals surface area contributed by atoms with Crippen molar-refractivity contribution in [2.45, 2.75) is 74.9 Å². The molecule has 5 fully saturated rings. The molecule has 0 saturated carbocycles. The van der Waals surface area contributed by atoms with Crippen molar-refractivity contribution in [1.82, 2.24) is 25.3 Å². The number of piperidine rings is 3. The molecule has 2 amide bonds. The molecule has 6 aliphatic rings. The number of nitrogen functional groups attached to an aromatic ring is 1. The van der Waals surface area contributed by atoms with E-state index in [1.807, 2.05) is 35.2 Å². The molecule has 2 bridgehead atoms. The number of carbonyl (C=O) groups excluding carboxylic acids is 2. The number of hydrogen-bond acceptors (Lipinski definition) is 14. The van der Waals surface area contributed by atoms with E-state index in [9.17, 15) is 19.8 Å². The summed E-state index contributed by atoms with van der Waals surface area (Å²) in [5, 5.41) is 31.6. The number of hydrogen-bond donors (Lipinski definition) is 4. The topological polar surface area (TPSA) is 182 Å². The van der Waals surface area contributed by atoms with Gasteiger partial charge in [-0.05, 0) is 86.7 Å². The van der Waals surface area contributed by atoms with Crippen LogP contribution in [0, 0.1) is 0 Å². The first-order valence-electron chi connectivity index (χ1n) is 22.6. The average Bonchev–Trinajstić information content (AvgIpc) is 3.29. The van der Waals surface area contributed by atoms with Crippen LogP contribution >= 0.6 is 0 Å². The Morgan fingerprint density at radius 1 is 0.857 bits per heavy atom. The Hall–Kier alpha value is -5.84. The first kappa shape index (κ1) is 41.2. The number of piperazine rings is 1. The Morgan fingerprint density at radius 3 is 2.41 bits per heavy atom. The van der Waals surface area contributed by atoms with E-state index in [0.717, 1.165) is 67.3 Å². The summed E-state index contributed by atoms with van der Waals surface area (Å²) in [7, 11) is 0. The standard InChI is InChI=1S/C47H57N9O7/c48-46-41(24-38(50-51-46)37-7-1-2-10-42(37)57)54-25-32-28-61-29-33(26-54)56(32)31-5-3-6-35(23-31)63-34-15-19-53(20-16-34)44(59)27-52-17-13-30(14-18-52)36-8-4-9-39-45(36)62-22-21-55(39)40-11-12-43(58)49-47(40)60/h1-10,23-24,30,32-34,40,43,57-58H,11-22,25-29H2,(H2,48,51)(H,49,60)/t32-,33+,40?,43?. The maximum atomic E-state index is 13.6. The summed E-state index contributed by atoms with van der Waals surface area (Å²) in [6, 6.07) is 23.4. The number of likely N-dealkylation sites (tertiary alicyclic amines) is 2. The predicted octanol–water partition coefficient (Wildman–Crippen LogP) is 3.57. The molecule has 63 heavy (non-hydrogen) atoms. The number of aromatic nitrogens is 2. The largest absolute Gasteiger partial charge is 0.507 e. The Labute approximate surface area is 367 Å². The number of nitrogens with zero attached hydrogens (tertiary/aromatic N) is 7. The second kappa shape index (κ2) is 17.7. The third-order valence-corrected chi connectivity index (χ3v) is 13.8. The van der Waals surface area contributed by atoms with Gasteiger partial charge in [0.1, 0.15) is 42.2 Å². The number of nitrogens with two attached hydrogens (primary N) is 1. The van der Waals surface area contributed by atoms with E-state index in [1.54, 1.807) is 12.1 Å². The van der Waals surface area contributed by atoms with Gasteiger partial charge in [0.15, 0.2) is 5.82 Å². The van der Waals surface area contributed by atoms with E-state index in [2.05, 4.69) is 65.4 Å². The minimum absolute atomic E-state index is 0.0224. The molecule has 7 heterocycles. The first-order valence-corrected chi connectivity index (χ1v) is 22.6. The van der Waals surface area contributed by atoms with Gasteiger partial charge in [0.2, 0.25) is 11.8 Å². The number of phenols is 1. The van der Waals surface area contributed by atoms with E-state index in [0.29, 0.717) is 94.9 Å². The Bertz CT molecular complexity index is 2290. The Balaban J connectivity index is 0.710. The molecule has 2 unspecified atom stereocenters. The van der Waals surface area contributed by atoms with Gasteiger partial charge in [-0.15, -0.1) is 10.2 Å². The molecule has 16 nitrogen and oxygen atoms in total. The van der Waals surface area contributed by atoms with Crippen LogP contribution in [0.25, 0.3) is 11.3 Å². The summed E-state index contributed by atoms with van der Waals surface area (Å²) in [5.41, 5.74) is 11.6. The van der Waals surface area contributed by atoms with Crippen LogP contribution in [0.15, 0.2) is 72.8 Å². The van der Waals surface area contributed by atoms with Gasteiger partial charge in [0.05, 0.1) is 55.5 Å². The van der Waals surface area contributed by atoms with Crippen molar-refractivity contribution in [2.75, 3.05) is 92.6 Å². The molecule has 0 radical (unpaired) electrons. The maximum Gasteiger partial charge on any atom is 0.244 e. The highest BCUT2D eigenvalue weighted by molar-refractivity contribution is 5.87. The van der Waals surface area contributed by atoms with Gasteiger partial charge in [0.25, 0.3) is 0 Å². The van der Waals surface area contributed by atoms with Gasteiger partial charge in [-0.2, -0.15) is 0 Å². The molecular weight excluding hydrogens is 803 g/mol. The highest BCUT2D eigenvalue weighted by Gasteiger charge is 2.40. The first-order chi connectivity index (χ1) is 30.8. The fourth-order valence-electron chi connectivity index (χ4n) is 10.6. The molecule has 0 aliphatic carbocycles. The number of carbonyl (C=O) groups is 2. The zero-order valence-electron chi connectivity index (χ0n) is 35.6. The lowest BCUT2D eigenvalue weighted by Crippen LogP contribution is -2.65. The molecule has 4 atom stereocenters. The highest BCUT2D eigenvalue weighted by Crippen LogP contribution is 2.43. The number of aliphatic hydroxyl groups is 1. The van der Waals surface area contributed by atoms with E-state index < -0.39 is 6.23 Å². The average molecular weight is 860 g/mol. The van der Waals surface area contributed by atoms with Gasteiger partial charge in [0, 0.05) is 56.3 Å². The number of rotatable bonds is 9. The van der Waals surface area contributed by atoms with Gasteiger partial charge in [-0.3, -0.25) is 14.5 Å². The number of fused-ring (bicyclic) bond motifs is 3. The number of aliphatic hydroxyl groups excluding tert-OH is 1. The second-order valence-electron chi connectivity index (χ2n) is 17.8. The van der Waals surface area contributed by atoms with E-state index in [-0.39, 0.29) is 41.8 Å². The van der Waals surface area contributed by atoms with E-state index in [4.69, 9.17) is 19.9 Å². The van der Waals surface area contributed by atoms with Crippen LogP contribution in [0.5, 0.6) is 17.2 Å². The van der Waals surface area contributed by atoms with Gasteiger partial charge < -0.3 is 55.1 Å². The minimum Gasteiger partial charge on any atom is -0.507 e. The summed E-state index contributed by atoms with van der Waals surface area (Å²) in [6.07, 6.45) is 3.80. The van der Waals surface area contributed by atoms with Gasteiger partial charge in [-0.1, -0.05) is 30.3 Å². The van der Waals surface area contributed by atoms with Crippen LogP contribution in [0.3, 0.4) is 0 Å². The lowest BCUT2D eigenvalue weighted by molar-refractivity contribution is -0.134. The quantitative estimate of drug-likeness (QED) is 0.192. The van der Waals surface area contributed by atoms with Gasteiger partial charge >= 0.3 is 0 Å². The lowest BCUT2D eigenvalue weighted by atomic mass is 9.87. The number of phenolic OH excluding ortho intramolecular Hbond substituents is 1.